The first-order valence-electron chi connectivity index (χ1n) is 7.72. The van der Waals surface area contributed by atoms with Crippen LogP contribution >= 0.6 is 15.9 Å². The molecule has 110 valence electrons. The molecule has 1 amide bonds. The van der Waals surface area contributed by atoms with Gasteiger partial charge in [-0.05, 0) is 42.4 Å². The first kappa shape index (κ1) is 15.6. The Morgan fingerprint density at radius 3 is 2.60 bits per heavy atom. The number of carbonyl (C=O) groups is 1. The van der Waals surface area contributed by atoms with E-state index in [9.17, 15) is 4.79 Å². The minimum Gasteiger partial charge on any atom is -0.352 e. The Morgan fingerprint density at radius 1 is 1.25 bits per heavy atom. The van der Waals surface area contributed by atoms with Gasteiger partial charge in [-0.15, -0.1) is 0 Å². The molecule has 1 aliphatic rings. The molecule has 1 aliphatic heterocycles. The van der Waals surface area contributed by atoms with Gasteiger partial charge < -0.3 is 5.32 Å². The Hall–Kier alpha value is -0.830. The molecule has 1 atom stereocenters. The summed E-state index contributed by atoms with van der Waals surface area (Å²) in [6.07, 6.45) is 5.82. The number of fused-ring (bicyclic) bond motifs is 1. The number of halogens is 1. The Labute approximate surface area is 130 Å². The van der Waals surface area contributed by atoms with Crippen molar-refractivity contribution in [3.63, 3.8) is 0 Å². The molecule has 0 aliphatic carbocycles. The summed E-state index contributed by atoms with van der Waals surface area (Å²) in [7, 11) is 0. The van der Waals surface area contributed by atoms with E-state index in [4.69, 9.17) is 0 Å². The van der Waals surface area contributed by atoms with E-state index in [-0.39, 0.29) is 5.91 Å². The van der Waals surface area contributed by atoms with Crippen molar-refractivity contribution in [2.45, 2.75) is 50.8 Å². The molecule has 1 aromatic carbocycles. The van der Waals surface area contributed by atoms with Crippen LogP contribution in [0.5, 0.6) is 0 Å². The molecule has 2 nitrogen and oxygen atoms in total. The maximum atomic E-state index is 12.0. The van der Waals surface area contributed by atoms with Crippen molar-refractivity contribution in [2.75, 3.05) is 6.54 Å². The zero-order chi connectivity index (χ0) is 14.5. The average Bonchev–Trinajstić information content (AvgIpc) is 2.46. The first-order valence-corrected chi connectivity index (χ1v) is 8.64. The highest BCUT2D eigenvalue weighted by Crippen LogP contribution is 2.37. The fourth-order valence-corrected chi connectivity index (χ4v) is 3.87. The monoisotopic (exact) mass is 337 g/mol. The van der Waals surface area contributed by atoms with Crippen LogP contribution in [0.4, 0.5) is 0 Å². The van der Waals surface area contributed by atoms with E-state index in [1.807, 2.05) is 0 Å². The highest BCUT2D eigenvalue weighted by molar-refractivity contribution is 9.09. The molecule has 0 saturated carbocycles. The van der Waals surface area contributed by atoms with E-state index in [1.54, 1.807) is 0 Å². The van der Waals surface area contributed by atoms with Crippen molar-refractivity contribution in [3.05, 3.63) is 34.9 Å². The summed E-state index contributed by atoms with van der Waals surface area (Å²) < 4.78 is 0. The molecule has 0 spiro atoms. The maximum Gasteiger partial charge on any atom is 0.251 e. The van der Waals surface area contributed by atoms with E-state index >= 15 is 0 Å². The number of hydrogen-bond donors (Lipinski definition) is 1. The number of benzene rings is 1. The summed E-state index contributed by atoms with van der Waals surface area (Å²) in [6.45, 7) is 5.24. The molecule has 1 unspecified atom stereocenters. The summed E-state index contributed by atoms with van der Waals surface area (Å²) in [4.78, 5) is 12.3. The van der Waals surface area contributed by atoms with Crippen LogP contribution in [0.25, 0.3) is 0 Å². The van der Waals surface area contributed by atoms with Gasteiger partial charge in [0.2, 0.25) is 0 Å². The quantitative estimate of drug-likeness (QED) is 0.753. The molecule has 1 heterocycles. The van der Waals surface area contributed by atoms with E-state index in [0.29, 0.717) is 10.7 Å². The largest absolute Gasteiger partial charge is 0.352 e. The number of rotatable bonds is 6. The van der Waals surface area contributed by atoms with Gasteiger partial charge in [0.15, 0.2) is 0 Å². The molecular weight excluding hydrogens is 314 g/mol. The molecule has 0 fully saturated rings. The summed E-state index contributed by atoms with van der Waals surface area (Å²) in [6, 6.07) is 6.41. The van der Waals surface area contributed by atoms with Crippen LogP contribution in [-0.4, -0.2) is 12.5 Å². The van der Waals surface area contributed by atoms with E-state index < -0.39 is 0 Å². The zero-order valence-electron chi connectivity index (χ0n) is 12.4. The molecule has 20 heavy (non-hydrogen) atoms. The summed E-state index contributed by atoms with van der Waals surface area (Å²) in [5, 5.41) is 2.93. The molecule has 0 radical (unpaired) electrons. The minimum atomic E-state index is 0.0790. The van der Waals surface area contributed by atoms with Gasteiger partial charge in [-0.3, -0.25) is 4.79 Å². The van der Waals surface area contributed by atoms with E-state index in [1.165, 1.54) is 36.8 Å². The number of alkyl halides is 1. The van der Waals surface area contributed by atoms with Gasteiger partial charge in [-0.2, -0.15) is 0 Å². The predicted octanol–water partition coefficient (Wildman–Crippen LogP) is 4.62. The zero-order valence-corrected chi connectivity index (χ0v) is 14.0. The van der Waals surface area contributed by atoms with Crippen molar-refractivity contribution >= 4 is 21.8 Å². The SMILES string of the molecule is CCCC(CCC)C(Br)c1ccc2c(c1)C(=O)NCC2. The number of carbonyl (C=O) groups excluding carboxylic acids is 1. The van der Waals surface area contributed by atoms with Gasteiger partial charge in [0.05, 0.1) is 0 Å². The second kappa shape index (κ2) is 7.26. The van der Waals surface area contributed by atoms with Gasteiger partial charge in [-0.1, -0.05) is 54.8 Å². The predicted molar refractivity (Wildman–Crippen MR) is 87.5 cm³/mol. The third-order valence-corrected chi connectivity index (χ3v) is 5.39. The lowest BCUT2D eigenvalue weighted by Gasteiger charge is -2.24. The molecule has 1 N–H and O–H groups in total. The molecule has 2 rings (SSSR count). The van der Waals surface area contributed by atoms with Crippen molar-refractivity contribution in [3.8, 4) is 0 Å². The van der Waals surface area contributed by atoms with Crippen molar-refractivity contribution < 1.29 is 4.79 Å². The van der Waals surface area contributed by atoms with Crippen LogP contribution in [0.2, 0.25) is 0 Å². The Morgan fingerprint density at radius 2 is 1.95 bits per heavy atom. The highest BCUT2D eigenvalue weighted by Gasteiger charge is 2.22. The first-order chi connectivity index (χ1) is 9.67. The number of nitrogens with one attached hydrogen (secondary N) is 1. The maximum absolute atomic E-state index is 12.0. The number of amides is 1. The molecule has 0 bridgehead atoms. The van der Waals surface area contributed by atoms with Crippen molar-refractivity contribution in [1.82, 2.24) is 5.32 Å². The lowest BCUT2D eigenvalue weighted by Crippen LogP contribution is -2.31. The van der Waals surface area contributed by atoms with Crippen LogP contribution in [0.1, 0.15) is 65.8 Å². The topological polar surface area (TPSA) is 29.1 Å². The summed E-state index contributed by atoms with van der Waals surface area (Å²) in [5.74, 6) is 0.727. The molecular formula is C17H24BrNO. The third-order valence-electron chi connectivity index (χ3n) is 4.11. The smallest absolute Gasteiger partial charge is 0.251 e. The molecule has 0 aromatic heterocycles. The lowest BCUT2D eigenvalue weighted by atomic mass is 9.88. The summed E-state index contributed by atoms with van der Waals surface area (Å²) in [5.41, 5.74) is 3.29. The van der Waals surface area contributed by atoms with Crippen molar-refractivity contribution in [2.24, 2.45) is 5.92 Å². The van der Waals surface area contributed by atoms with Crippen LogP contribution in [0.3, 0.4) is 0 Å². The standard InChI is InChI=1S/C17H24BrNO/c1-3-5-13(6-4-2)16(18)14-8-7-12-9-10-19-17(20)15(12)11-14/h7-8,11,13,16H,3-6,9-10H2,1-2H3,(H,19,20). The normalized spacial score (nSPS) is 15.9. The van der Waals surface area contributed by atoms with Crippen LogP contribution < -0.4 is 5.32 Å². The van der Waals surface area contributed by atoms with Crippen LogP contribution in [-0.2, 0) is 6.42 Å². The van der Waals surface area contributed by atoms with Gasteiger partial charge in [0.25, 0.3) is 5.91 Å². The average molecular weight is 338 g/mol. The molecule has 1 aromatic rings. The summed E-state index contributed by atoms with van der Waals surface area (Å²) >= 11 is 3.87. The Bertz CT molecular complexity index is 466. The van der Waals surface area contributed by atoms with Gasteiger partial charge in [0, 0.05) is 16.9 Å². The second-order valence-corrected chi connectivity index (χ2v) is 6.65. The molecule has 3 heteroatoms. The fraction of sp³-hybridized carbons (Fsp3) is 0.588. The van der Waals surface area contributed by atoms with Gasteiger partial charge >= 0.3 is 0 Å². The van der Waals surface area contributed by atoms with Crippen LogP contribution in [0.15, 0.2) is 18.2 Å². The second-order valence-electron chi connectivity index (χ2n) is 5.66. The Balaban J connectivity index is 2.23. The number of hydrogen-bond acceptors (Lipinski definition) is 1. The molecule has 0 saturated heterocycles. The van der Waals surface area contributed by atoms with Crippen molar-refractivity contribution in [1.29, 1.82) is 0 Å². The minimum absolute atomic E-state index is 0.0790. The Kier molecular flexibility index (Phi) is 5.64. The van der Waals surface area contributed by atoms with Gasteiger partial charge in [0.1, 0.15) is 0 Å². The van der Waals surface area contributed by atoms with Gasteiger partial charge in [-0.25, -0.2) is 0 Å². The third kappa shape index (κ3) is 3.43. The lowest BCUT2D eigenvalue weighted by molar-refractivity contribution is 0.0946. The fourth-order valence-electron chi connectivity index (χ4n) is 3.05. The highest BCUT2D eigenvalue weighted by atomic mass is 79.9. The van der Waals surface area contributed by atoms with E-state index in [0.717, 1.165) is 18.5 Å². The van der Waals surface area contributed by atoms with E-state index in [2.05, 4.69) is 53.3 Å². The van der Waals surface area contributed by atoms with Crippen LogP contribution in [0, 0.1) is 5.92 Å².